The van der Waals surface area contributed by atoms with E-state index in [1.807, 2.05) is 6.07 Å². The zero-order chi connectivity index (χ0) is 25.2. The molecule has 0 fully saturated rings. The maximum Gasteiger partial charge on any atom is 0.305 e. The van der Waals surface area contributed by atoms with Crippen molar-refractivity contribution in [2.24, 2.45) is 5.92 Å². The average molecular weight is 523 g/mol. The van der Waals surface area contributed by atoms with Crippen molar-refractivity contribution in [3.05, 3.63) is 38.6 Å². The Morgan fingerprint density at radius 1 is 1.36 bits per heavy atom. The lowest BCUT2D eigenvalue weighted by atomic mass is 9.86. The summed E-state index contributed by atoms with van der Waals surface area (Å²) in [6.07, 6.45) is 5.54. The van der Waals surface area contributed by atoms with Gasteiger partial charge in [0.05, 0.1) is 34.5 Å². The number of amides is 1. The van der Waals surface area contributed by atoms with E-state index in [0.717, 1.165) is 62.3 Å². The molecular weight excluding hydrogens is 496 g/mol. The predicted molar refractivity (Wildman–Crippen MR) is 142 cm³/mol. The first-order valence-electron chi connectivity index (χ1n) is 11.9. The predicted octanol–water partition coefficient (Wildman–Crippen LogP) is 4.60. The summed E-state index contributed by atoms with van der Waals surface area (Å²) >= 11 is 2.75. The number of ether oxygens (including phenoxy) is 1. The molecule has 0 spiro atoms. The van der Waals surface area contributed by atoms with Crippen LogP contribution in [0.1, 0.15) is 36.6 Å². The molecule has 1 unspecified atom stereocenters. The first-order chi connectivity index (χ1) is 17.5. The Balaban J connectivity index is 1.45. The molecule has 0 radical (unpaired) electrons. The van der Waals surface area contributed by atoms with Gasteiger partial charge in [-0.25, -0.2) is 9.97 Å². The largest absolute Gasteiger partial charge is 0.494 e. The van der Waals surface area contributed by atoms with Crippen LogP contribution in [0.25, 0.3) is 20.4 Å². The molecule has 1 atom stereocenters. The summed E-state index contributed by atoms with van der Waals surface area (Å²) in [6.45, 7) is 2.84. The highest BCUT2D eigenvalue weighted by Gasteiger charge is 2.31. The van der Waals surface area contributed by atoms with Gasteiger partial charge in [0, 0.05) is 23.4 Å². The Morgan fingerprint density at radius 3 is 3.00 bits per heavy atom. The SMILES string of the molecule is CCCCN(CC#N)C(=O)C1CCc2c(sc3ncnc(Nc4cc5sc(=O)[nH]c5cc4OC)c23)C1. The molecule has 0 saturated heterocycles. The molecule has 5 rings (SSSR count). The zero-order valence-electron chi connectivity index (χ0n) is 20.1. The van der Waals surface area contributed by atoms with E-state index in [1.54, 1.807) is 29.4 Å². The summed E-state index contributed by atoms with van der Waals surface area (Å²) < 4.78 is 6.39. The lowest BCUT2D eigenvalue weighted by Crippen LogP contribution is -2.39. The van der Waals surface area contributed by atoms with Crippen molar-refractivity contribution in [3.63, 3.8) is 0 Å². The highest BCUT2D eigenvalue weighted by Crippen LogP contribution is 2.42. The van der Waals surface area contributed by atoms with Crippen LogP contribution in [-0.4, -0.2) is 46.0 Å². The Kier molecular flexibility index (Phi) is 6.89. The van der Waals surface area contributed by atoms with Gasteiger partial charge in [-0.05, 0) is 37.3 Å². The smallest absolute Gasteiger partial charge is 0.305 e. The Morgan fingerprint density at radius 2 is 2.22 bits per heavy atom. The minimum atomic E-state index is -0.126. The number of fused-ring (bicyclic) bond motifs is 4. The maximum absolute atomic E-state index is 13.2. The van der Waals surface area contributed by atoms with Crippen molar-refractivity contribution in [2.75, 3.05) is 25.5 Å². The molecule has 1 amide bonds. The van der Waals surface area contributed by atoms with E-state index in [0.29, 0.717) is 30.2 Å². The molecule has 3 heterocycles. The van der Waals surface area contributed by atoms with Gasteiger partial charge >= 0.3 is 4.87 Å². The fourth-order valence-corrected chi connectivity index (χ4v) is 6.77. The fraction of sp³-hybridized carbons (Fsp3) is 0.400. The van der Waals surface area contributed by atoms with Crippen LogP contribution in [0.3, 0.4) is 0 Å². The monoisotopic (exact) mass is 522 g/mol. The lowest BCUT2D eigenvalue weighted by Gasteiger charge is -2.28. The van der Waals surface area contributed by atoms with Gasteiger partial charge < -0.3 is 19.9 Å². The number of unbranched alkanes of at least 4 members (excludes halogenated alkanes) is 1. The molecule has 0 bridgehead atoms. The number of hydrogen-bond acceptors (Lipinski definition) is 9. The molecule has 186 valence electrons. The maximum atomic E-state index is 13.2. The van der Waals surface area contributed by atoms with Crippen molar-refractivity contribution in [2.45, 2.75) is 39.0 Å². The number of nitriles is 1. The molecule has 0 saturated carbocycles. The van der Waals surface area contributed by atoms with Crippen LogP contribution < -0.4 is 14.9 Å². The molecule has 9 nitrogen and oxygen atoms in total. The van der Waals surface area contributed by atoms with Crippen LogP contribution in [0.15, 0.2) is 23.3 Å². The number of nitrogens with one attached hydrogen (secondary N) is 2. The molecule has 1 aliphatic carbocycles. The van der Waals surface area contributed by atoms with Gasteiger partial charge in [0.15, 0.2) is 0 Å². The standard InChI is InChI=1S/C25H26N6O3S2/c1-3-4-8-31(9-7-26)24(32)14-5-6-15-19(10-14)35-23-21(15)22(27-13-28-23)29-16-12-20-17(11-18(16)34-2)30-25(33)36-20/h11-14H,3-6,8-10H2,1-2H3,(H,30,33)(H,27,28,29). The summed E-state index contributed by atoms with van der Waals surface area (Å²) in [7, 11) is 1.59. The van der Waals surface area contributed by atoms with Crippen molar-refractivity contribution in [3.8, 4) is 11.8 Å². The molecule has 1 aliphatic rings. The van der Waals surface area contributed by atoms with Crippen LogP contribution >= 0.6 is 22.7 Å². The number of carbonyl (C=O) groups is 1. The number of aromatic nitrogens is 3. The van der Waals surface area contributed by atoms with Gasteiger partial charge in [-0.2, -0.15) is 5.26 Å². The number of methoxy groups -OCH3 is 1. The number of anilines is 2. The molecule has 0 aliphatic heterocycles. The topological polar surface area (TPSA) is 124 Å². The summed E-state index contributed by atoms with van der Waals surface area (Å²) in [6, 6.07) is 5.83. The normalized spacial score (nSPS) is 15.0. The molecule has 1 aromatic carbocycles. The minimum absolute atomic E-state index is 0.0704. The van der Waals surface area contributed by atoms with Gasteiger partial charge in [0.1, 0.15) is 29.3 Å². The van der Waals surface area contributed by atoms with Crippen molar-refractivity contribution in [1.29, 1.82) is 5.26 Å². The molecule has 3 aromatic heterocycles. The van der Waals surface area contributed by atoms with Crippen molar-refractivity contribution < 1.29 is 9.53 Å². The number of carbonyl (C=O) groups excluding carboxylic acids is 1. The first kappa shape index (κ1) is 24.2. The number of benzene rings is 1. The highest BCUT2D eigenvalue weighted by molar-refractivity contribution is 7.19. The van der Waals surface area contributed by atoms with E-state index < -0.39 is 0 Å². The van der Waals surface area contributed by atoms with Crippen LogP contribution in [0.5, 0.6) is 5.75 Å². The van der Waals surface area contributed by atoms with Gasteiger partial charge in [-0.15, -0.1) is 11.3 Å². The lowest BCUT2D eigenvalue weighted by molar-refractivity contribution is -0.135. The zero-order valence-corrected chi connectivity index (χ0v) is 21.7. The molecular formula is C25H26N6O3S2. The summed E-state index contributed by atoms with van der Waals surface area (Å²) in [5.74, 6) is 1.22. The molecule has 11 heteroatoms. The highest BCUT2D eigenvalue weighted by atomic mass is 32.1. The van der Waals surface area contributed by atoms with E-state index in [-0.39, 0.29) is 23.2 Å². The minimum Gasteiger partial charge on any atom is -0.494 e. The second-order valence-electron chi connectivity index (χ2n) is 8.81. The van der Waals surface area contributed by atoms with Gasteiger partial charge in [0.25, 0.3) is 0 Å². The number of H-pyrrole nitrogens is 1. The first-order valence-corrected chi connectivity index (χ1v) is 13.5. The van der Waals surface area contributed by atoms with Gasteiger partial charge in [-0.1, -0.05) is 24.7 Å². The number of nitrogens with zero attached hydrogens (tertiary/aromatic N) is 4. The van der Waals surface area contributed by atoms with Crippen LogP contribution in [-0.2, 0) is 17.6 Å². The molecule has 36 heavy (non-hydrogen) atoms. The number of aryl methyl sites for hydroxylation is 1. The van der Waals surface area contributed by atoms with Crippen molar-refractivity contribution >= 4 is 60.5 Å². The number of thiazole rings is 1. The summed E-state index contributed by atoms with van der Waals surface area (Å²) in [5.41, 5.74) is 2.62. The van der Waals surface area contributed by atoms with Crippen LogP contribution in [0, 0.1) is 17.2 Å². The Bertz CT molecular complexity index is 1530. The summed E-state index contributed by atoms with van der Waals surface area (Å²) in [5, 5.41) is 13.6. The van der Waals surface area contributed by atoms with E-state index in [9.17, 15) is 14.9 Å². The quantitative estimate of drug-likeness (QED) is 0.324. The van der Waals surface area contributed by atoms with Gasteiger partial charge in [0.2, 0.25) is 5.91 Å². The van der Waals surface area contributed by atoms with Crippen molar-refractivity contribution in [1.82, 2.24) is 19.9 Å². The van der Waals surface area contributed by atoms with Gasteiger partial charge in [-0.3, -0.25) is 9.59 Å². The Labute approximate surface area is 215 Å². The number of aromatic amines is 1. The Hall–Kier alpha value is -3.49. The van der Waals surface area contributed by atoms with E-state index in [1.165, 1.54) is 11.9 Å². The third kappa shape index (κ3) is 4.54. The fourth-order valence-electron chi connectivity index (χ4n) is 4.75. The average Bonchev–Trinajstić information content (AvgIpc) is 3.44. The number of rotatable bonds is 8. The third-order valence-corrected chi connectivity index (χ3v) is 8.55. The van der Waals surface area contributed by atoms with E-state index >= 15 is 0 Å². The number of thiophene rings is 1. The van der Waals surface area contributed by atoms with E-state index in [2.05, 4.69) is 33.3 Å². The third-order valence-electron chi connectivity index (χ3n) is 6.54. The van der Waals surface area contributed by atoms with Crippen LogP contribution in [0.4, 0.5) is 11.5 Å². The molecule has 4 aromatic rings. The second kappa shape index (κ2) is 10.2. The number of hydrogen-bond donors (Lipinski definition) is 2. The second-order valence-corrected chi connectivity index (χ2v) is 10.9. The summed E-state index contributed by atoms with van der Waals surface area (Å²) in [4.78, 5) is 40.5. The van der Waals surface area contributed by atoms with Crippen LogP contribution in [0.2, 0.25) is 0 Å². The van der Waals surface area contributed by atoms with E-state index in [4.69, 9.17) is 4.74 Å². The molecule has 2 N–H and O–H groups in total.